The van der Waals surface area contributed by atoms with E-state index in [-0.39, 0.29) is 5.91 Å². The lowest BCUT2D eigenvalue weighted by Gasteiger charge is -2.10. The normalized spacial score (nSPS) is 10.3. The van der Waals surface area contributed by atoms with Crippen LogP contribution in [0.1, 0.15) is 23.1 Å². The number of carbonyl (C=O) groups excluding carboxylic acids is 1. The van der Waals surface area contributed by atoms with E-state index in [2.05, 4.69) is 15.5 Å². The molecule has 0 radical (unpaired) electrons. The monoisotopic (exact) mass is 275 g/mol. The first-order chi connectivity index (χ1) is 9.65. The molecule has 0 aliphatic rings. The number of rotatable bonds is 5. The molecule has 20 heavy (non-hydrogen) atoms. The van der Waals surface area contributed by atoms with Crippen LogP contribution in [-0.2, 0) is 13.1 Å². The van der Waals surface area contributed by atoms with E-state index in [1.165, 1.54) is 7.11 Å². The van der Waals surface area contributed by atoms with Crippen molar-refractivity contribution >= 4 is 11.6 Å². The summed E-state index contributed by atoms with van der Waals surface area (Å²) in [6.07, 6.45) is 1.63. The minimum absolute atomic E-state index is 0.264. The molecule has 1 heterocycles. The van der Waals surface area contributed by atoms with Gasteiger partial charge in [-0.15, -0.1) is 10.2 Å². The van der Waals surface area contributed by atoms with E-state index in [0.717, 1.165) is 6.54 Å². The Kier molecular flexibility index (Phi) is 4.19. The van der Waals surface area contributed by atoms with Crippen LogP contribution in [0.2, 0.25) is 0 Å². The van der Waals surface area contributed by atoms with Crippen LogP contribution in [0.25, 0.3) is 0 Å². The Hall–Kier alpha value is -2.57. The Morgan fingerprint density at radius 1 is 1.50 bits per heavy atom. The summed E-state index contributed by atoms with van der Waals surface area (Å²) in [5.74, 6) is 0.914. The Labute approximate surface area is 116 Å². The molecule has 1 aromatic carbocycles. The lowest BCUT2D eigenvalue weighted by Crippen LogP contribution is -2.25. The number of hydrogen-bond donors (Lipinski definition) is 2. The van der Waals surface area contributed by atoms with E-state index < -0.39 is 0 Å². The number of methoxy groups -OCH3 is 1. The molecule has 1 aromatic heterocycles. The number of nitrogens with one attached hydrogen (secondary N) is 1. The average molecular weight is 275 g/mol. The third kappa shape index (κ3) is 2.87. The topological polar surface area (TPSA) is 95.1 Å². The Morgan fingerprint density at radius 3 is 3.00 bits per heavy atom. The van der Waals surface area contributed by atoms with Gasteiger partial charge in [0.2, 0.25) is 0 Å². The van der Waals surface area contributed by atoms with E-state index >= 15 is 0 Å². The van der Waals surface area contributed by atoms with Crippen molar-refractivity contribution in [2.75, 3.05) is 12.8 Å². The van der Waals surface area contributed by atoms with E-state index in [4.69, 9.17) is 10.5 Å². The molecule has 0 spiro atoms. The van der Waals surface area contributed by atoms with E-state index in [1.54, 1.807) is 24.5 Å². The van der Waals surface area contributed by atoms with Gasteiger partial charge in [0, 0.05) is 12.2 Å². The summed E-state index contributed by atoms with van der Waals surface area (Å²) in [7, 11) is 1.51. The average Bonchev–Trinajstić information content (AvgIpc) is 2.92. The minimum Gasteiger partial charge on any atom is -0.496 e. The van der Waals surface area contributed by atoms with Crippen molar-refractivity contribution in [2.24, 2.45) is 0 Å². The first-order valence-electron chi connectivity index (χ1n) is 6.24. The number of amides is 1. The fourth-order valence-corrected chi connectivity index (χ4v) is 1.84. The molecule has 3 N–H and O–H groups in total. The maximum Gasteiger partial charge on any atom is 0.255 e. The van der Waals surface area contributed by atoms with E-state index in [9.17, 15) is 4.79 Å². The zero-order chi connectivity index (χ0) is 14.5. The minimum atomic E-state index is -0.264. The summed E-state index contributed by atoms with van der Waals surface area (Å²) in [6, 6.07) is 4.93. The van der Waals surface area contributed by atoms with Gasteiger partial charge in [-0.3, -0.25) is 4.79 Å². The summed E-state index contributed by atoms with van der Waals surface area (Å²) < 4.78 is 7.01. The second-order valence-corrected chi connectivity index (χ2v) is 4.18. The molecule has 0 fully saturated rings. The van der Waals surface area contributed by atoms with Gasteiger partial charge in [0.1, 0.15) is 12.1 Å². The maximum atomic E-state index is 12.2. The van der Waals surface area contributed by atoms with E-state index in [0.29, 0.717) is 29.4 Å². The van der Waals surface area contributed by atoms with Crippen molar-refractivity contribution in [2.45, 2.75) is 20.0 Å². The molecular formula is C13H17N5O2. The molecular weight excluding hydrogens is 258 g/mol. The largest absolute Gasteiger partial charge is 0.496 e. The molecule has 0 aliphatic heterocycles. The van der Waals surface area contributed by atoms with Gasteiger partial charge in [-0.25, -0.2) is 0 Å². The Balaban J connectivity index is 2.11. The van der Waals surface area contributed by atoms with Gasteiger partial charge in [0.25, 0.3) is 5.91 Å². The number of anilines is 1. The number of nitrogens with zero attached hydrogens (tertiary/aromatic N) is 3. The fraction of sp³-hybridized carbons (Fsp3) is 0.308. The summed E-state index contributed by atoms with van der Waals surface area (Å²) >= 11 is 0. The number of carbonyl (C=O) groups is 1. The van der Waals surface area contributed by atoms with Crippen LogP contribution in [0.15, 0.2) is 24.5 Å². The number of aryl methyl sites for hydroxylation is 1. The molecule has 0 bridgehead atoms. The molecule has 106 valence electrons. The lowest BCUT2D eigenvalue weighted by atomic mass is 10.1. The van der Waals surface area contributed by atoms with Crippen molar-refractivity contribution < 1.29 is 9.53 Å². The molecule has 2 rings (SSSR count). The number of ether oxygens (including phenoxy) is 1. The maximum absolute atomic E-state index is 12.2. The van der Waals surface area contributed by atoms with E-state index in [1.807, 2.05) is 11.5 Å². The summed E-state index contributed by atoms with van der Waals surface area (Å²) in [5, 5.41) is 10.5. The highest BCUT2D eigenvalue weighted by Crippen LogP contribution is 2.20. The third-order valence-corrected chi connectivity index (χ3v) is 2.91. The third-order valence-electron chi connectivity index (χ3n) is 2.91. The van der Waals surface area contributed by atoms with Gasteiger partial charge in [-0.1, -0.05) is 0 Å². The van der Waals surface area contributed by atoms with Crippen molar-refractivity contribution in [3.8, 4) is 5.75 Å². The van der Waals surface area contributed by atoms with Gasteiger partial charge >= 0.3 is 0 Å². The van der Waals surface area contributed by atoms with Gasteiger partial charge in [-0.05, 0) is 25.1 Å². The number of nitrogen functional groups attached to an aromatic ring is 1. The smallest absolute Gasteiger partial charge is 0.255 e. The molecule has 0 unspecified atom stereocenters. The summed E-state index contributed by atoms with van der Waals surface area (Å²) in [4.78, 5) is 12.2. The SMILES string of the molecule is CCn1cnnc1CNC(=O)c1cc(N)ccc1OC. The van der Waals surface area contributed by atoms with Gasteiger partial charge in [-0.2, -0.15) is 0 Å². The van der Waals surface area contributed by atoms with Gasteiger partial charge in [0.05, 0.1) is 19.2 Å². The van der Waals surface area contributed by atoms with Crippen LogP contribution in [0, 0.1) is 0 Å². The summed E-state index contributed by atoms with van der Waals surface area (Å²) in [6.45, 7) is 3.03. The molecule has 2 aromatic rings. The second kappa shape index (κ2) is 6.05. The number of nitrogens with two attached hydrogens (primary N) is 1. The number of benzene rings is 1. The molecule has 7 nitrogen and oxygen atoms in total. The van der Waals surface area contributed by atoms with Crippen LogP contribution >= 0.6 is 0 Å². The van der Waals surface area contributed by atoms with Gasteiger partial charge < -0.3 is 20.4 Å². The first-order valence-corrected chi connectivity index (χ1v) is 6.24. The highest BCUT2D eigenvalue weighted by atomic mass is 16.5. The zero-order valence-corrected chi connectivity index (χ0v) is 11.5. The van der Waals surface area contributed by atoms with Crippen molar-refractivity contribution in [1.29, 1.82) is 0 Å². The first kappa shape index (κ1) is 13.9. The highest BCUT2D eigenvalue weighted by molar-refractivity contribution is 5.97. The molecule has 0 saturated heterocycles. The number of hydrogen-bond acceptors (Lipinski definition) is 5. The standard InChI is InChI=1S/C13H17N5O2/c1-3-18-8-16-17-12(18)7-15-13(19)10-6-9(14)4-5-11(10)20-2/h4-6,8H,3,7,14H2,1-2H3,(H,15,19). The zero-order valence-electron chi connectivity index (χ0n) is 11.5. The molecule has 1 amide bonds. The predicted octanol–water partition coefficient (Wildman–Crippen LogP) is 0.819. The quantitative estimate of drug-likeness (QED) is 0.788. The van der Waals surface area contributed by atoms with Crippen LogP contribution < -0.4 is 15.8 Å². The van der Waals surface area contributed by atoms with Crippen LogP contribution in [0.4, 0.5) is 5.69 Å². The highest BCUT2D eigenvalue weighted by Gasteiger charge is 2.13. The van der Waals surface area contributed by atoms with Crippen LogP contribution in [0.5, 0.6) is 5.75 Å². The van der Waals surface area contributed by atoms with Gasteiger partial charge in [0.15, 0.2) is 5.82 Å². The molecule has 7 heteroatoms. The lowest BCUT2D eigenvalue weighted by molar-refractivity contribution is 0.0946. The van der Waals surface area contributed by atoms with Crippen LogP contribution in [-0.4, -0.2) is 27.8 Å². The van der Waals surface area contributed by atoms with Crippen molar-refractivity contribution in [3.05, 3.63) is 35.9 Å². The second-order valence-electron chi connectivity index (χ2n) is 4.18. The van der Waals surface area contributed by atoms with Crippen LogP contribution in [0.3, 0.4) is 0 Å². The fourth-order valence-electron chi connectivity index (χ4n) is 1.84. The van der Waals surface area contributed by atoms with Crippen molar-refractivity contribution in [1.82, 2.24) is 20.1 Å². The number of aromatic nitrogens is 3. The Bertz CT molecular complexity index is 609. The predicted molar refractivity (Wildman–Crippen MR) is 74.3 cm³/mol. The molecule has 0 aliphatic carbocycles. The summed E-state index contributed by atoms with van der Waals surface area (Å²) in [5.41, 5.74) is 6.60. The molecule has 0 atom stereocenters. The molecule has 0 saturated carbocycles. The Morgan fingerprint density at radius 2 is 2.30 bits per heavy atom. The van der Waals surface area contributed by atoms with Crippen molar-refractivity contribution in [3.63, 3.8) is 0 Å².